The van der Waals surface area contributed by atoms with E-state index in [0.29, 0.717) is 5.78 Å². The molecule has 0 heterocycles. The maximum absolute atomic E-state index is 11.4. The molecule has 0 saturated heterocycles. The average molecular weight is 167 g/mol. The molecule has 0 aromatic carbocycles. The second-order valence-corrected chi connectivity index (χ2v) is 4.12. The summed E-state index contributed by atoms with van der Waals surface area (Å²) < 4.78 is 0. The Balaban J connectivity index is 1.93. The van der Waals surface area contributed by atoms with Gasteiger partial charge in [-0.1, -0.05) is 6.42 Å². The molecular weight excluding hydrogens is 150 g/mol. The van der Waals surface area contributed by atoms with E-state index in [9.17, 15) is 4.79 Å². The summed E-state index contributed by atoms with van der Waals surface area (Å²) in [5.41, 5.74) is 0. The molecule has 0 spiro atoms. The molecule has 2 nitrogen and oxygen atoms in total. The third-order valence-electron chi connectivity index (χ3n) is 3.41. The third-order valence-corrected chi connectivity index (χ3v) is 3.41. The predicted octanol–water partition coefficient (Wildman–Crippen LogP) is 1.59. The summed E-state index contributed by atoms with van der Waals surface area (Å²) in [5, 5.41) is 0. The first-order valence-electron chi connectivity index (χ1n) is 5.03. The van der Waals surface area contributed by atoms with Crippen LogP contribution >= 0.6 is 0 Å². The van der Waals surface area contributed by atoms with Crippen LogP contribution in [0.4, 0.5) is 0 Å². The lowest BCUT2D eigenvalue weighted by Crippen LogP contribution is -2.45. The van der Waals surface area contributed by atoms with Crippen molar-refractivity contribution in [3.05, 3.63) is 0 Å². The minimum absolute atomic E-state index is 0.273. The number of hydrogen-bond acceptors (Lipinski definition) is 2. The second kappa shape index (κ2) is 3.17. The van der Waals surface area contributed by atoms with Gasteiger partial charge in [0.05, 0.1) is 6.04 Å². The van der Waals surface area contributed by atoms with E-state index in [1.807, 2.05) is 0 Å². The lowest BCUT2D eigenvalue weighted by Gasteiger charge is -2.37. The molecular formula is C10H17NO. The van der Waals surface area contributed by atoms with Crippen LogP contribution in [-0.2, 0) is 4.79 Å². The Morgan fingerprint density at radius 2 is 2.00 bits per heavy atom. The fourth-order valence-electron chi connectivity index (χ4n) is 2.28. The molecule has 2 aliphatic carbocycles. The molecule has 0 aromatic heterocycles. The van der Waals surface area contributed by atoms with Gasteiger partial charge in [0.2, 0.25) is 0 Å². The van der Waals surface area contributed by atoms with Crippen LogP contribution in [0.25, 0.3) is 0 Å². The lowest BCUT2D eigenvalue weighted by molar-refractivity contribution is -0.122. The first kappa shape index (κ1) is 8.24. The minimum atomic E-state index is 0.273. The molecule has 2 rings (SSSR count). The Morgan fingerprint density at radius 1 is 1.25 bits per heavy atom. The first-order valence-corrected chi connectivity index (χ1v) is 5.03. The van der Waals surface area contributed by atoms with E-state index in [0.717, 1.165) is 25.3 Å². The zero-order valence-corrected chi connectivity index (χ0v) is 7.75. The number of likely N-dealkylation sites (N-methyl/N-ethyl adjacent to an activating group) is 1. The van der Waals surface area contributed by atoms with Crippen molar-refractivity contribution in [3.63, 3.8) is 0 Å². The highest BCUT2D eigenvalue weighted by Gasteiger charge is 2.33. The molecule has 2 heteroatoms. The molecule has 1 atom stereocenters. The van der Waals surface area contributed by atoms with Crippen LogP contribution in [-0.4, -0.2) is 29.8 Å². The van der Waals surface area contributed by atoms with Gasteiger partial charge in [-0.25, -0.2) is 0 Å². The van der Waals surface area contributed by atoms with Gasteiger partial charge < -0.3 is 0 Å². The number of ketones is 1. The maximum atomic E-state index is 11.4. The summed E-state index contributed by atoms with van der Waals surface area (Å²) in [7, 11) is 2.12. The van der Waals surface area contributed by atoms with Crippen LogP contribution in [0.3, 0.4) is 0 Å². The first-order chi connectivity index (χ1) is 5.79. The second-order valence-electron chi connectivity index (χ2n) is 4.12. The van der Waals surface area contributed by atoms with Crippen molar-refractivity contribution in [3.8, 4) is 0 Å². The van der Waals surface area contributed by atoms with Crippen LogP contribution in [0.5, 0.6) is 0 Å². The molecule has 12 heavy (non-hydrogen) atoms. The van der Waals surface area contributed by atoms with Crippen LogP contribution in [0.2, 0.25) is 0 Å². The Bertz CT molecular complexity index is 186. The maximum Gasteiger partial charge on any atom is 0.149 e. The summed E-state index contributed by atoms with van der Waals surface area (Å²) >= 11 is 0. The zero-order chi connectivity index (χ0) is 8.55. The normalized spacial score (nSPS) is 31.2. The molecule has 1 unspecified atom stereocenters. The van der Waals surface area contributed by atoms with Crippen LogP contribution in [0, 0.1) is 0 Å². The van der Waals surface area contributed by atoms with E-state index in [1.165, 1.54) is 19.3 Å². The monoisotopic (exact) mass is 167 g/mol. The zero-order valence-electron chi connectivity index (χ0n) is 7.75. The van der Waals surface area contributed by atoms with E-state index in [-0.39, 0.29) is 6.04 Å². The van der Waals surface area contributed by atoms with Gasteiger partial charge >= 0.3 is 0 Å². The number of nitrogens with zero attached hydrogens (tertiary/aromatic N) is 1. The Hall–Kier alpha value is -0.370. The average Bonchev–Trinajstić information content (AvgIpc) is 2.31. The fourth-order valence-corrected chi connectivity index (χ4v) is 2.28. The summed E-state index contributed by atoms with van der Waals surface area (Å²) in [6.07, 6.45) is 7.00. The van der Waals surface area contributed by atoms with Crippen molar-refractivity contribution in [1.29, 1.82) is 0 Å². The summed E-state index contributed by atoms with van der Waals surface area (Å²) in [6.45, 7) is 0. The quantitative estimate of drug-likeness (QED) is 0.622. The van der Waals surface area contributed by atoms with Crippen molar-refractivity contribution in [1.82, 2.24) is 4.90 Å². The molecule has 2 aliphatic rings. The number of carbonyl (C=O) groups is 1. The molecule has 68 valence electrons. The largest absolute Gasteiger partial charge is 0.298 e. The van der Waals surface area contributed by atoms with Gasteiger partial charge in [-0.3, -0.25) is 9.69 Å². The highest BCUT2D eigenvalue weighted by Crippen LogP contribution is 2.29. The highest BCUT2D eigenvalue weighted by molar-refractivity contribution is 5.85. The van der Waals surface area contributed by atoms with Crippen molar-refractivity contribution < 1.29 is 4.79 Å². The topological polar surface area (TPSA) is 20.3 Å². The van der Waals surface area contributed by atoms with E-state index < -0.39 is 0 Å². The highest BCUT2D eigenvalue weighted by atomic mass is 16.1. The Labute approximate surface area is 73.9 Å². The van der Waals surface area contributed by atoms with Crippen molar-refractivity contribution >= 4 is 5.78 Å². The Morgan fingerprint density at radius 3 is 2.42 bits per heavy atom. The van der Waals surface area contributed by atoms with Gasteiger partial charge in [0.15, 0.2) is 0 Å². The summed E-state index contributed by atoms with van der Waals surface area (Å²) in [6, 6.07) is 0.993. The third kappa shape index (κ3) is 1.28. The summed E-state index contributed by atoms with van der Waals surface area (Å²) in [5.74, 6) is 0.476. The van der Waals surface area contributed by atoms with Gasteiger partial charge in [-0.15, -0.1) is 0 Å². The minimum Gasteiger partial charge on any atom is -0.298 e. The molecule has 2 fully saturated rings. The standard InChI is InChI=1S/C10H17NO/c1-11(8-4-2-5-8)9-6-3-7-10(9)12/h8-9H,2-7H2,1H3. The number of carbonyl (C=O) groups excluding carboxylic acids is 1. The van der Waals surface area contributed by atoms with Crippen LogP contribution in [0.15, 0.2) is 0 Å². The van der Waals surface area contributed by atoms with Gasteiger partial charge in [0.25, 0.3) is 0 Å². The number of hydrogen-bond donors (Lipinski definition) is 0. The van der Waals surface area contributed by atoms with E-state index in [2.05, 4.69) is 11.9 Å². The van der Waals surface area contributed by atoms with Crippen LogP contribution < -0.4 is 0 Å². The van der Waals surface area contributed by atoms with E-state index >= 15 is 0 Å². The molecule has 2 saturated carbocycles. The van der Waals surface area contributed by atoms with Crippen molar-refractivity contribution in [2.24, 2.45) is 0 Å². The summed E-state index contributed by atoms with van der Waals surface area (Å²) in [4.78, 5) is 13.7. The number of Topliss-reactive ketones (excluding diaryl/α,β-unsaturated/α-hetero) is 1. The molecule has 0 radical (unpaired) electrons. The van der Waals surface area contributed by atoms with Gasteiger partial charge in [0.1, 0.15) is 5.78 Å². The van der Waals surface area contributed by atoms with Gasteiger partial charge in [-0.05, 0) is 32.7 Å². The molecule has 0 amide bonds. The number of rotatable bonds is 2. The molecule has 0 bridgehead atoms. The smallest absolute Gasteiger partial charge is 0.149 e. The van der Waals surface area contributed by atoms with Crippen molar-refractivity contribution in [2.75, 3.05) is 7.05 Å². The van der Waals surface area contributed by atoms with E-state index in [1.54, 1.807) is 0 Å². The fraction of sp³-hybridized carbons (Fsp3) is 0.900. The lowest BCUT2D eigenvalue weighted by atomic mass is 9.90. The molecule has 0 N–H and O–H groups in total. The predicted molar refractivity (Wildman–Crippen MR) is 48.0 cm³/mol. The van der Waals surface area contributed by atoms with E-state index in [4.69, 9.17) is 0 Å². The van der Waals surface area contributed by atoms with Gasteiger partial charge in [0, 0.05) is 12.5 Å². The Kier molecular flexibility index (Phi) is 2.18. The van der Waals surface area contributed by atoms with Gasteiger partial charge in [-0.2, -0.15) is 0 Å². The molecule has 0 aromatic rings. The SMILES string of the molecule is CN(C1CCC1)C1CCCC1=O. The molecule has 0 aliphatic heterocycles. The van der Waals surface area contributed by atoms with Crippen molar-refractivity contribution in [2.45, 2.75) is 50.6 Å². The van der Waals surface area contributed by atoms with Crippen LogP contribution in [0.1, 0.15) is 38.5 Å².